The minimum atomic E-state index is -0.487. The van der Waals surface area contributed by atoms with Crippen LogP contribution in [0.2, 0.25) is 0 Å². The van der Waals surface area contributed by atoms with Crippen LogP contribution in [0.3, 0.4) is 0 Å². The van der Waals surface area contributed by atoms with E-state index in [9.17, 15) is 5.11 Å². The van der Waals surface area contributed by atoms with Gasteiger partial charge in [0.05, 0.1) is 6.10 Å². The summed E-state index contributed by atoms with van der Waals surface area (Å²) in [5.74, 6) is 1.18. The van der Waals surface area contributed by atoms with E-state index in [2.05, 4.69) is 26.0 Å². The second-order valence-electron chi connectivity index (χ2n) is 6.05. The van der Waals surface area contributed by atoms with E-state index in [1.807, 2.05) is 19.1 Å². The topological polar surface area (TPSA) is 29.5 Å². The van der Waals surface area contributed by atoms with Crippen LogP contribution in [-0.4, -0.2) is 17.8 Å². The van der Waals surface area contributed by atoms with Gasteiger partial charge in [-0.3, -0.25) is 0 Å². The Morgan fingerprint density at radius 1 is 1.32 bits per heavy atom. The Morgan fingerprint density at radius 2 is 2.05 bits per heavy atom. The first-order valence-electron chi connectivity index (χ1n) is 7.50. The Bertz CT molecular complexity index is 396. The third-order valence-electron chi connectivity index (χ3n) is 3.69. The van der Waals surface area contributed by atoms with Crippen molar-refractivity contribution in [2.24, 2.45) is 11.8 Å². The van der Waals surface area contributed by atoms with Crippen molar-refractivity contribution in [3.05, 3.63) is 35.4 Å². The van der Waals surface area contributed by atoms with Gasteiger partial charge in [-0.1, -0.05) is 38.1 Å². The van der Waals surface area contributed by atoms with Crippen LogP contribution in [0.4, 0.5) is 0 Å². The molecule has 2 unspecified atom stereocenters. The molecule has 1 N–H and O–H groups in total. The Labute approximate surface area is 116 Å². The van der Waals surface area contributed by atoms with Crippen LogP contribution in [0.15, 0.2) is 24.3 Å². The van der Waals surface area contributed by atoms with Crippen molar-refractivity contribution in [2.45, 2.75) is 52.2 Å². The van der Waals surface area contributed by atoms with Crippen LogP contribution < -0.4 is 0 Å². The zero-order valence-electron chi connectivity index (χ0n) is 12.3. The lowest BCUT2D eigenvalue weighted by molar-refractivity contribution is -0.0462. The number of hydrogen-bond donors (Lipinski definition) is 1. The molecule has 0 aliphatic heterocycles. The fraction of sp³-hybridized carbons (Fsp3) is 0.647. The van der Waals surface area contributed by atoms with Gasteiger partial charge in [0.1, 0.15) is 6.10 Å². The molecule has 106 valence electrons. The third kappa shape index (κ3) is 4.05. The number of hydrogen-bond acceptors (Lipinski definition) is 2. The summed E-state index contributed by atoms with van der Waals surface area (Å²) in [4.78, 5) is 0. The van der Waals surface area contributed by atoms with Crippen molar-refractivity contribution in [3.63, 3.8) is 0 Å². The van der Waals surface area contributed by atoms with Crippen LogP contribution in [-0.2, 0) is 11.2 Å². The highest BCUT2D eigenvalue weighted by Gasteiger charge is 2.37. The van der Waals surface area contributed by atoms with Gasteiger partial charge < -0.3 is 9.84 Å². The molecule has 2 nitrogen and oxygen atoms in total. The second kappa shape index (κ2) is 6.53. The summed E-state index contributed by atoms with van der Waals surface area (Å²) in [5.41, 5.74) is 2.31. The normalized spacial score (nSPS) is 18.6. The quantitative estimate of drug-likeness (QED) is 0.811. The highest BCUT2D eigenvalue weighted by Crippen LogP contribution is 2.40. The molecular formula is C17H26O2. The van der Waals surface area contributed by atoms with Crippen molar-refractivity contribution in [2.75, 3.05) is 6.61 Å². The Kier molecular flexibility index (Phi) is 5.00. The average Bonchev–Trinajstić information content (AvgIpc) is 3.19. The molecule has 1 aromatic rings. The van der Waals surface area contributed by atoms with E-state index in [1.165, 1.54) is 18.4 Å². The predicted molar refractivity (Wildman–Crippen MR) is 78.1 cm³/mol. The molecule has 0 bridgehead atoms. The molecule has 1 aromatic carbocycles. The van der Waals surface area contributed by atoms with E-state index in [-0.39, 0.29) is 6.10 Å². The number of rotatable bonds is 7. The molecule has 2 heteroatoms. The van der Waals surface area contributed by atoms with Crippen molar-refractivity contribution in [3.8, 4) is 0 Å². The van der Waals surface area contributed by atoms with Gasteiger partial charge in [0, 0.05) is 6.61 Å². The van der Waals surface area contributed by atoms with E-state index < -0.39 is 6.10 Å². The summed E-state index contributed by atoms with van der Waals surface area (Å²) >= 11 is 0. The van der Waals surface area contributed by atoms with Crippen LogP contribution in [0.1, 0.15) is 50.8 Å². The summed E-state index contributed by atoms with van der Waals surface area (Å²) in [6.45, 7) is 7.10. The van der Waals surface area contributed by atoms with Crippen molar-refractivity contribution >= 4 is 0 Å². The number of ether oxygens (including phenoxy) is 1. The van der Waals surface area contributed by atoms with E-state index in [0.29, 0.717) is 18.4 Å². The molecule has 1 aliphatic rings. The fourth-order valence-electron chi connectivity index (χ4n) is 2.67. The van der Waals surface area contributed by atoms with Crippen molar-refractivity contribution < 1.29 is 9.84 Å². The Morgan fingerprint density at radius 3 is 2.63 bits per heavy atom. The van der Waals surface area contributed by atoms with Crippen molar-refractivity contribution in [1.29, 1.82) is 0 Å². The van der Waals surface area contributed by atoms with Gasteiger partial charge in [-0.05, 0) is 49.1 Å². The van der Waals surface area contributed by atoms with Crippen LogP contribution in [0, 0.1) is 11.8 Å². The lowest BCUT2D eigenvalue weighted by atomic mass is 9.96. The molecule has 2 atom stereocenters. The minimum absolute atomic E-state index is 0.0284. The molecule has 0 spiro atoms. The van der Waals surface area contributed by atoms with Gasteiger partial charge >= 0.3 is 0 Å². The standard InChI is InChI=1S/C17H26O2/c1-4-19-17(14-8-9-14)16(18)15-7-5-6-13(11-15)10-12(2)3/h5-7,11-12,14,16-18H,4,8-10H2,1-3H3. The first kappa shape index (κ1) is 14.5. The molecule has 0 heterocycles. The van der Waals surface area contributed by atoms with Gasteiger partial charge in [0.2, 0.25) is 0 Å². The van der Waals surface area contributed by atoms with Gasteiger partial charge in [0.15, 0.2) is 0 Å². The number of aliphatic hydroxyl groups excluding tert-OH is 1. The summed E-state index contributed by atoms with van der Waals surface area (Å²) < 4.78 is 5.75. The molecule has 2 rings (SSSR count). The first-order valence-corrected chi connectivity index (χ1v) is 7.50. The summed E-state index contributed by atoms with van der Waals surface area (Å²) in [6, 6.07) is 8.34. The fourth-order valence-corrected chi connectivity index (χ4v) is 2.67. The van der Waals surface area contributed by atoms with E-state index in [4.69, 9.17) is 4.74 Å². The van der Waals surface area contributed by atoms with Gasteiger partial charge in [0.25, 0.3) is 0 Å². The minimum Gasteiger partial charge on any atom is -0.386 e. The molecule has 0 amide bonds. The van der Waals surface area contributed by atoms with Crippen LogP contribution in [0.5, 0.6) is 0 Å². The van der Waals surface area contributed by atoms with Gasteiger partial charge in [-0.2, -0.15) is 0 Å². The van der Waals surface area contributed by atoms with Gasteiger partial charge in [-0.15, -0.1) is 0 Å². The lowest BCUT2D eigenvalue weighted by Gasteiger charge is -2.23. The molecular weight excluding hydrogens is 236 g/mol. The molecule has 1 saturated carbocycles. The maximum Gasteiger partial charge on any atom is 0.105 e. The average molecular weight is 262 g/mol. The maximum absolute atomic E-state index is 10.6. The highest BCUT2D eigenvalue weighted by molar-refractivity contribution is 5.26. The Hall–Kier alpha value is -0.860. The van der Waals surface area contributed by atoms with Crippen LogP contribution in [0.25, 0.3) is 0 Å². The molecule has 0 radical (unpaired) electrons. The predicted octanol–water partition coefficient (Wildman–Crippen LogP) is 3.73. The summed E-state index contributed by atoms with van der Waals surface area (Å²) in [6.07, 6.45) is 2.92. The zero-order chi connectivity index (χ0) is 13.8. The van der Waals surface area contributed by atoms with Crippen LogP contribution >= 0.6 is 0 Å². The van der Waals surface area contributed by atoms with E-state index in [0.717, 1.165) is 12.0 Å². The Balaban J connectivity index is 2.10. The largest absolute Gasteiger partial charge is 0.386 e. The molecule has 19 heavy (non-hydrogen) atoms. The molecule has 1 aliphatic carbocycles. The third-order valence-corrected chi connectivity index (χ3v) is 3.69. The van der Waals surface area contributed by atoms with E-state index in [1.54, 1.807) is 0 Å². The summed E-state index contributed by atoms with van der Waals surface area (Å²) in [5, 5.41) is 10.6. The molecule has 1 fully saturated rings. The summed E-state index contributed by atoms with van der Waals surface area (Å²) in [7, 11) is 0. The SMILES string of the molecule is CCOC(C1CC1)C(O)c1cccc(CC(C)C)c1. The zero-order valence-corrected chi connectivity index (χ0v) is 12.3. The number of aliphatic hydroxyl groups is 1. The highest BCUT2D eigenvalue weighted by atomic mass is 16.5. The molecule has 0 saturated heterocycles. The van der Waals surface area contributed by atoms with E-state index >= 15 is 0 Å². The van der Waals surface area contributed by atoms with Crippen molar-refractivity contribution in [1.82, 2.24) is 0 Å². The lowest BCUT2D eigenvalue weighted by Crippen LogP contribution is -2.24. The smallest absolute Gasteiger partial charge is 0.105 e. The maximum atomic E-state index is 10.6. The number of benzene rings is 1. The molecule has 0 aromatic heterocycles. The van der Waals surface area contributed by atoms with Gasteiger partial charge in [-0.25, -0.2) is 0 Å². The first-order chi connectivity index (χ1) is 9.11. The monoisotopic (exact) mass is 262 g/mol. The second-order valence-corrected chi connectivity index (χ2v) is 6.05.